The molecule has 1 aromatic heterocycles. The molecule has 1 heterocycles. The highest BCUT2D eigenvalue weighted by molar-refractivity contribution is 5.16. The summed E-state index contributed by atoms with van der Waals surface area (Å²) < 4.78 is 10.6. The Kier molecular flexibility index (Phi) is 5.19. The molecule has 0 amide bonds. The highest BCUT2D eigenvalue weighted by Crippen LogP contribution is 2.05. The number of ether oxygens (including phenoxy) is 2. The molecule has 0 aliphatic carbocycles. The monoisotopic (exact) mass is 195 g/mol. The molecule has 0 aliphatic rings. The van der Waals surface area contributed by atoms with Crippen LogP contribution in [0.1, 0.15) is 25.0 Å². The van der Waals surface area contributed by atoms with Crippen LogP contribution in [0.3, 0.4) is 0 Å². The first-order chi connectivity index (χ1) is 6.86. The summed E-state index contributed by atoms with van der Waals surface area (Å²) in [6.45, 7) is 6.69. The second-order valence-electron chi connectivity index (χ2n) is 2.98. The van der Waals surface area contributed by atoms with Crippen molar-refractivity contribution in [1.29, 1.82) is 0 Å². The lowest BCUT2D eigenvalue weighted by Gasteiger charge is -2.04. The topological polar surface area (TPSA) is 31.4 Å². The van der Waals surface area contributed by atoms with Crippen LogP contribution < -0.4 is 0 Å². The van der Waals surface area contributed by atoms with Gasteiger partial charge < -0.3 is 9.47 Å². The quantitative estimate of drug-likeness (QED) is 0.697. The zero-order valence-electron chi connectivity index (χ0n) is 8.82. The minimum atomic E-state index is 0.628. The van der Waals surface area contributed by atoms with Crippen molar-refractivity contribution in [3.05, 3.63) is 29.6 Å². The smallest absolute Gasteiger partial charge is 0.0731 e. The molecule has 0 bridgehead atoms. The van der Waals surface area contributed by atoms with Gasteiger partial charge in [-0.05, 0) is 31.0 Å². The Morgan fingerprint density at radius 2 is 1.50 bits per heavy atom. The third-order valence-corrected chi connectivity index (χ3v) is 1.80. The lowest BCUT2D eigenvalue weighted by atomic mass is 10.2. The van der Waals surface area contributed by atoms with Crippen LogP contribution in [0.5, 0.6) is 0 Å². The van der Waals surface area contributed by atoms with Crippen LogP contribution in [0, 0.1) is 0 Å². The van der Waals surface area contributed by atoms with E-state index in [0.29, 0.717) is 13.2 Å². The lowest BCUT2D eigenvalue weighted by Crippen LogP contribution is -1.97. The van der Waals surface area contributed by atoms with E-state index in [1.165, 1.54) is 0 Å². The van der Waals surface area contributed by atoms with Gasteiger partial charge in [-0.3, -0.25) is 4.98 Å². The van der Waals surface area contributed by atoms with E-state index in [0.717, 1.165) is 24.3 Å². The number of hydrogen-bond acceptors (Lipinski definition) is 3. The van der Waals surface area contributed by atoms with Gasteiger partial charge >= 0.3 is 0 Å². The summed E-state index contributed by atoms with van der Waals surface area (Å²) in [5.41, 5.74) is 2.20. The molecule has 0 N–H and O–H groups in total. The van der Waals surface area contributed by atoms with Gasteiger partial charge in [0.05, 0.1) is 13.2 Å². The van der Waals surface area contributed by atoms with Crippen LogP contribution in [0.25, 0.3) is 0 Å². The molecule has 78 valence electrons. The van der Waals surface area contributed by atoms with Gasteiger partial charge in [-0.15, -0.1) is 0 Å². The second kappa shape index (κ2) is 6.51. The maximum absolute atomic E-state index is 5.30. The standard InChI is InChI=1S/C11H17NO2/c1-3-13-8-10-5-11(7-12-6-10)9-14-4-2/h5-7H,3-4,8-9H2,1-2H3. The first kappa shape index (κ1) is 11.1. The van der Waals surface area contributed by atoms with E-state index in [9.17, 15) is 0 Å². The van der Waals surface area contributed by atoms with Crippen molar-refractivity contribution < 1.29 is 9.47 Å². The molecule has 3 nitrogen and oxygen atoms in total. The first-order valence-corrected chi connectivity index (χ1v) is 4.95. The van der Waals surface area contributed by atoms with E-state index < -0.39 is 0 Å². The highest BCUT2D eigenvalue weighted by atomic mass is 16.5. The summed E-state index contributed by atoms with van der Waals surface area (Å²) in [7, 11) is 0. The van der Waals surface area contributed by atoms with Crippen molar-refractivity contribution in [2.45, 2.75) is 27.1 Å². The number of rotatable bonds is 6. The van der Waals surface area contributed by atoms with E-state index in [1.54, 1.807) is 0 Å². The van der Waals surface area contributed by atoms with Gasteiger partial charge in [0.25, 0.3) is 0 Å². The maximum Gasteiger partial charge on any atom is 0.0731 e. The largest absolute Gasteiger partial charge is 0.377 e. The van der Waals surface area contributed by atoms with E-state index in [4.69, 9.17) is 9.47 Å². The Balaban J connectivity index is 2.50. The Morgan fingerprint density at radius 1 is 1.00 bits per heavy atom. The summed E-state index contributed by atoms with van der Waals surface area (Å²) in [5, 5.41) is 0. The van der Waals surface area contributed by atoms with Crippen molar-refractivity contribution >= 4 is 0 Å². The molecular weight excluding hydrogens is 178 g/mol. The molecule has 1 aromatic rings. The Hall–Kier alpha value is -0.930. The van der Waals surface area contributed by atoms with E-state index in [1.807, 2.05) is 26.2 Å². The average molecular weight is 195 g/mol. The minimum Gasteiger partial charge on any atom is -0.377 e. The van der Waals surface area contributed by atoms with Crippen LogP contribution in [-0.2, 0) is 22.7 Å². The van der Waals surface area contributed by atoms with Crippen LogP contribution >= 0.6 is 0 Å². The molecule has 0 radical (unpaired) electrons. The fourth-order valence-corrected chi connectivity index (χ4v) is 1.14. The van der Waals surface area contributed by atoms with E-state index in [-0.39, 0.29) is 0 Å². The molecular formula is C11H17NO2. The molecule has 14 heavy (non-hydrogen) atoms. The van der Waals surface area contributed by atoms with Gasteiger partial charge in [0, 0.05) is 25.6 Å². The fraction of sp³-hybridized carbons (Fsp3) is 0.545. The molecule has 1 rings (SSSR count). The predicted molar refractivity (Wildman–Crippen MR) is 54.9 cm³/mol. The number of aromatic nitrogens is 1. The SMILES string of the molecule is CCOCc1cncc(COCC)c1. The molecule has 0 saturated heterocycles. The fourth-order valence-electron chi connectivity index (χ4n) is 1.14. The Labute approximate surface area is 85.1 Å². The Bertz CT molecular complexity index is 240. The molecule has 3 heteroatoms. The third-order valence-electron chi connectivity index (χ3n) is 1.80. The lowest BCUT2D eigenvalue weighted by molar-refractivity contribution is 0.129. The van der Waals surface area contributed by atoms with Crippen molar-refractivity contribution in [2.24, 2.45) is 0 Å². The van der Waals surface area contributed by atoms with Gasteiger partial charge in [0.15, 0.2) is 0 Å². The molecule has 0 spiro atoms. The molecule has 0 saturated carbocycles. The van der Waals surface area contributed by atoms with Crippen molar-refractivity contribution in [1.82, 2.24) is 4.98 Å². The number of pyridine rings is 1. The van der Waals surface area contributed by atoms with Crippen molar-refractivity contribution in [3.63, 3.8) is 0 Å². The van der Waals surface area contributed by atoms with Crippen LogP contribution in [0.4, 0.5) is 0 Å². The highest BCUT2D eigenvalue weighted by Gasteiger charge is 1.96. The number of nitrogens with zero attached hydrogens (tertiary/aromatic N) is 1. The first-order valence-electron chi connectivity index (χ1n) is 4.95. The summed E-state index contributed by atoms with van der Waals surface area (Å²) >= 11 is 0. The Morgan fingerprint density at radius 3 is 1.93 bits per heavy atom. The molecule has 0 aliphatic heterocycles. The minimum absolute atomic E-state index is 0.628. The maximum atomic E-state index is 5.30. The van der Waals surface area contributed by atoms with Gasteiger partial charge in [-0.25, -0.2) is 0 Å². The van der Waals surface area contributed by atoms with Gasteiger partial charge in [-0.1, -0.05) is 0 Å². The summed E-state index contributed by atoms with van der Waals surface area (Å²) in [6, 6.07) is 2.07. The number of hydrogen-bond donors (Lipinski definition) is 0. The van der Waals surface area contributed by atoms with E-state index >= 15 is 0 Å². The molecule has 0 aromatic carbocycles. The van der Waals surface area contributed by atoms with Crippen molar-refractivity contribution in [3.8, 4) is 0 Å². The average Bonchev–Trinajstić information content (AvgIpc) is 2.24. The zero-order valence-corrected chi connectivity index (χ0v) is 8.82. The second-order valence-corrected chi connectivity index (χ2v) is 2.98. The predicted octanol–water partition coefficient (Wildman–Crippen LogP) is 2.15. The van der Waals surface area contributed by atoms with Gasteiger partial charge in [-0.2, -0.15) is 0 Å². The normalized spacial score (nSPS) is 10.4. The van der Waals surface area contributed by atoms with Crippen LogP contribution in [0.2, 0.25) is 0 Å². The third kappa shape index (κ3) is 3.85. The molecule has 0 fully saturated rings. The molecule has 0 unspecified atom stereocenters. The summed E-state index contributed by atoms with van der Waals surface area (Å²) in [4.78, 5) is 4.13. The molecule has 0 atom stereocenters. The summed E-state index contributed by atoms with van der Waals surface area (Å²) in [5.74, 6) is 0. The van der Waals surface area contributed by atoms with E-state index in [2.05, 4.69) is 11.1 Å². The van der Waals surface area contributed by atoms with Crippen molar-refractivity contribution in [2.75, 3.05) is 13.2 Å². The van der Waals surface area contributed by atoms with Gasteiger partial charge in [0.2, 0.25) is 0 Å². The van der Waals surface area contributed by atoms with Crippen LogP contribution in [0.15, 0.2) is 18.5 Å². The van der Waals surface area contributed by atoms with Crippen LogP contribution in [-0.4, -0.2) is 18.2 Å². The summed E-state index contributed by atoms with van der Waals surface area (Å²) in [6.07, 6.45) is 3.65. The zero-order chi connectivity index (χ0) is 10.2. The van der Waals surface area contributed by atoms with Gasteiger partial charge in [0.1, 0.15) is 0 Å².